The van der Waals surface area contributed by atoms with E-state index in [1.54, 1.807) is 39.8 Å². The maximum Gasteiger partial charge on any atom is 0.347 e. The van der Waals surface area contributed by atoms with Crippen LogP contribution < -0.4 is 4.74 Å². The number of hydrogen-bond donors (Lipinski definition) is 0. The summed E-state index contributed by atoms with van der Waals surface area (Å²) in [5, 5.41) is 4.68. The highest BCUT2D eigenvalue weighted by molar-refractivity contribution is 6.42. The molecule has 1 aliphatic rings. The predicted octanol–water partition coefficient (Wildman–Crippen LogP) is 4.24. The Morgan fingerprint density at radius 2 is 2.00 bits per heavy atom. The van der Waals surface area contributed by atoms with Crippen LogP contribution in [0.4, 0.5) is 0 Å². The third-order valence-corrected chi connectivity index (χ3v) is 4.12. The fraction of sp³-hybridized carbons (Fsp3) is 0.556. The zero-order valence-corrected chi connectivity index (χ0v) is 17.0. The second-order valence-electron chi connectivity index (χ2n) is 6.77. The first kappa shape index (κ1) is 20.8. The maximum atomic E-state index is 12.2. The summed E-state index contributed by atoms with van der Waals surface area (Å²) in [6.07, 6.45) is -1.20. The van der Waals surface area contributed by atoms with Crippen molar-refractivity contribution in [2.45, 2.75) is 52.4 Å². The van der Waals surface area contributed by atoms with E-state index in [0.29, 0.717) is 40.3 Å². The van der Waals surface area contributed by atoms with E-state index in [0.717, 1.165) is 0 Å². The van der Waals surface area contributed by atoms with Gasteiger partial charge in [-0.3, -0.25) is 0 Å². The molecule has 0 saturated carbocycles. The van der Waals surface area contributed by atoms with Crippen LogP contribution in [-0.2, 0) is 19.1 Å². The van der Waals surface area contributed by atoms with Crippen LogP contribution in [0.15, 0.2) is 17.3 Å². The Hall–Kier alpha value is -1.50. The number of rotatable bonds is 6. The van der Waals surface area contributed by atoms with Crippen molar-refractivity contribution in [2.75, 3.05) is 13.2 Å². The lowest BCUT2D eigenvalue weighted by Crippen LogP contribution is -2.34. The summed E-state index contributed by atoms with van der Waals surface area (Å²) in [5.74, 6) is -0.132. The summed E-state index contributed by atoms with van der Waals surface area (Å²) >= 11 is 12.3. The molecule has 0 fully saturated rings. The van der Waals surface area contributed by atoms with Crippen LogP contribution in [0.5, 0.6) is 5.75 Å². The van der Waals surface area contributed by atoms with Crippen molar-refractivity contribution < 1.29 is 23.8 Å². The van der Waals surface area contributed by atoms with E-state index < -0.39 is 17.7 Å². The number of nitrogens with zero attached hydrogens (tertiary/aromatic N) is 1. The molecule has 0 saturated heterocycles. The van der Waals surface area contributed by atoms with Crippen molar-refractivity contribution in [2.24, 2.45) is 5.16 Å². The van der Waals surface area contributed by atoms with Gasteiger partial charge in [0.2, 0.25) is 0 Å². The van der Waals surface area contributed by atoms with E-state index in [4.69, 9.17) is 42.3 Å². The predicted molar refractivity (Wildman–Crippen MR) is 100 cm³/mol. The van der Waals surface area contributed by atoms with Crippen LogP contribution in [0.25, 0.3) is 0 Å². The summed E-state index contributed by atoms with van der Waals surface area (Å²) in [6.45, 7) is 9.65. The molecule has 144 valence electrons. The molecular formula is C18H23Cl2NO5. The smallest absolute Gasteiger partial charge is 0.347 e. The van der Waals surface area contributed by atoms with Gasteiger partial charge >= 0.3 is 5.97 Å². The fourth-order valence-electron chi connectivity index (χ4n) is 2.31. The summed E-state index contributed by atoms with van der Waals surface area (Å²) < 4.78 is 16.8. The van der Waals surface area contributed by atoms with E-state index in [1.807, 2.05) is 6.92 Å². The minimum Gasteiger partial charge on any atom is -0.478 e. The minimum absolute atomic E-state index is 0.296. The Morgan fingerprint density at radius 3 is 2.62 bits per heavy atom. The molecule has 1 aromatic rings. The van der Waals surface area contributed by atoms with Crippen molar-refractivity contribution in [1.82, 2.24) is 0 Å². The molecule has 1 aromatic carbocycles. The van der Waals surface area contributed by atoms with Crippen LogP contribution in [-0.4, -0.2) is 42.7 Å². The second-order valence-corrected chi connectivity index (χ2v) is 7.59. The monoisotopic (exact) mass is 403 g/mol. The Balaban J connectivity index is 2.30. The van der Waals surface area contributed by atoms with Crippen molar-refractivity contribution in [3.8, 4) is 5.75 Å². The van der Waals surface area contributed by atoms with Crippen LogP contribution in [0.3, 0.4) is 0 Å². The molecule has 0 N–H and O–H groups in total. The third-order valence-electron chi connectivity index (χ3n) is 3.40. The fourth-order valence-corrected chi connectivity index (χ4v) is 2.63. The number of halogens is 2. The Kier molecular flexibility index (Phi) is 6.77. The van der Waals surface area contributed by atoms with Gasteiger partial charge in [0.1, 0.15) is 29.8 Å². The lowest BCUT2D eigenvalue weighted by atomic mass is 10.0. The first-order valence-corrected chi connectivity index (χ1v) is 9.08. The van der Waals surface area contributed by atoms with Crippen LogP contribution in [0.2, 0.25) is 10.0 Å². The Bertz CT molecular complexity index is 700. The molecule has 0 amide bonds. The topological polar surface area (TPSA) is 66.3 Å². The molecule has 0 aromatic heterocycles. The van der Waals surface area contributed by atoms with E-state index in [-0.39, 0.29) is 6.10 Å². The van der Waals surface area contributed by atoms with Crippen molar-refractivity contribution in [1.29, 1.82) is 0 Å². The number of carbonyl (C=O) groups excluding carboxylic acids is 1. The second kappa shape index (κ2) is 8.46. The average Bonchev–Trinajstić information content (AvgIpc) is 2.97. The first-order chi connectivity index (χ1) is 12.1. The van der Waals surface area contributed by atoms with Gasteiger partial charge in [-0.1, -0.05) is 28.4 Å². The minimum atomic E-state index is -0.848. The van der Waals surface area contributed by atoms with Gasteiger partial charge in [0.05, 0.1) is 10.0 Å². The maximum absolute atomic E-state index is 12.2. The number of hydrogen-bond acceptors (Lipinski definition) is 6. The van der Waals surface area contributed by atoms with E-state index in [9.17, 15) is 4.79 Å². The first-order valence-electron chi connectivity index (χ1n) is 8.32. The molecule has 2 atom stereocenters. The molecule has 2 rings (SSSR count). The molecule has 0 spiro atoms. The zero-order chi connectivity index (χ0) is 19.5. The highest BCUT2D eigenvalue weighted by Crippen LogP contribution is 2.34. The SMILES string of the molecule is CCOC1CON=C1c1cc(Cl)c(Cl)cc1O[C@@H](C)C(=O)OC(C)(C)C. The number of carbonyl (C=O) groups is 1. The van der Waals surface area contributed by atoms with Crippen molar-refractivity contribution >= 4 is 34.9 Å². The lowest BCUT2D eigenvalue weighted by Gasteiger charge is -2.23. The van der Waals surface area contributed by atoms with Crippen molar-refractivity contribution in [3.63, 3.8) is 0 Å². The molecular weight excluding hydrogens is 381 g/mol. The van der Waals surface area contributed by atoms with E-state index in [2.05, 4.69) is 5.16 Å². The Morgan fingerprint density at radius 1 is 1.35 bits per heavy atom. The van der Waals surface area contributed by atoms with Gasteiger partial charge in [-0.25, -0.2) is 4.79 Å². The van der Waals surface area contributed by atoms with E-state index in [1.165, 1.54) is 0 Å². The standard InChI is InChI=1S/C18H23Cl2NO5/c1-6-23-15-9-24-21-16(15)11-7-12(19)13(20)8-14(11)25-10(2)17(22)26-18(3,4)5/h7-8,10,15H,6,9H2,1-5H3/t10-,15?/m0/s1. The van der Waals surface area contributed by atoms with E-state index >= 15 is 0 Å². The Labute approximate surface area is 163 Å². The molecule has 1 aliphatic heterocycles. The highest BCUT2D eigenvalue weighted by Gasteiger charge is 2.30. The average molecular weight is 404 g/mol. The van der Waals surface area contributed by atoms with Gasteiger partial charge in [-0.15, -0.1) is 0 Å². The van der Waals surface area contributed by atoms with Crippen molar-refractivity contribution in [3.05, 3.63) is 27.7 Å². The summed E-state index contributed by atoms with van der Waals surface area (Å²) in [6, 6.07) is 3.17. The molecule has 0 aliphatic carbocycles. The molecule has 8 heteroatoms. The van der Waals surface area contributed by atoms with Gasteiger partial charge < -0.3 is 19.0 Å². The molecule has 1 heterocycles. The van der Waals surface area contributed by atoms with Crippen LogP contribution in [0.1, 0.15) is 40.2 Å². The van der Waals surface area contributed by atoms with Gasteiger partial charge in [0.25, 0.3) is 0 Å². The zero-order valence-electron chi connectivity index (χ0n) is 15.5. The normalized spacial score (nSPS) is 18.1. The van der Waals surface area contributed by atoms with Crippen LogP contribution in [0, 0.1) is 0 Å². The summed E-state index contributed by atoms with van der Waals surface area (Å²) in [4.78, 5) is 17.4. The lowest BCUT2D eigenvalue weighted by molar-refractivity contribution is -0.162. The highest BCUT2D eigenvalue weighted by atomic mass is 35.5. The molecule has 26 heavy (non-hydrogen) atoms. The number of esters is 1. The van der Waals surface area contributed by atoms with Crippen LogP contribution >= 0.6 is 23.2 Å². The van der Waals surface area contributed by atoms with Gasteiger partial charge in [-0.2, -0.15) is 0 Å². The molecule has 0 radical (unpaired) electrons. The van der Waals surface area contributed by atoms with Gasteiger partial charge in [-0.05, 0) is 40.7 Å². The molecule has 1 unspecified atom stereocenters. The molecule has 6 nitrogen and oxygen atoms in total. The third kappa shape index (κ3) is 5.25. The number of oxime groups is 1. The summed E-state index contributed by atoms with van der Waals surface area (Å²) in [7, 11) is 0. The summed E-state index contributed by atoms with van der Waals surface area (Å²) in [5.41, 5.74) is 0.487. The quantitative estimate of drug-likeness (QED) is 0.664. The largest absolute Gasteiger partial charge is 0.478 e. The van der Waals surface area contributed by atoms with Gasteiger partial charge in [0, 0.05) is 18.2 Å². The number of ether oxygens (including phenoxy) is 3. The molecule has 0 bridgehead atoms. The van der Waals surface area contributed by atoms with Gasteiger partial charge in [0.15, 0.2) is 6.10 Å². The number of benzene rings is 1.